The van der Waals surface area contributed by atoms with Crippen molar-refractivity contribution in [1.29, 1.82) is 0 Å². The number of benzene rings is 1. The molecule has 1 rings (SSSR count). The van der Waals surface area contributed by atoms with E-state index in [1.54, 1.807) is 13.0 Å². The minimum absolute atomic E-state index is 0.0548. The molecule has 0 spiro atoms. The van der Waals surface area contributed by atoms with Crippen LogP contribution >= 0.6 is 11.6 Å². The number of halogens is 1. The summed E-state index contributed by atoms with van der Waals surface area (Å²) in [6, 6.07) is 5.40. The Morgan fingerprint density at radius 3 is 2.38 bits per heavy atom. The molecule has 16 heavy (non-hydrogen) atoms. The molecule has 1 aromatic carbocycles. The van der Waals surface area contributed by atoms with Gasteiger partial charge in [0.2, 0.25) is 0 Å². The van der Waals surface area contributed by atoms with Gasteiger partial charge < -0.3 is 4.74 Å². The maximum absolute atomic E-state index is 11.7. The van der Waals surface area contributed by atoms with Gasteiger partial charge in [0, 0.05) is 5.56 Å². The number of hydrogen-bond acceptors (Lipinski definition) is 2. The monoisotopic (exact) mass is 240 g/mol. The van der Waals surface area contributed by atoms with E-state index in [1.165, 1.54) is 0 Å². The maximum Gasteiger partial charge on any atom is 0.180 e. The van der Waals surface area contributed by atoms with Crippen LogP contribution in [0.4, 0.5) is 0 Å². The van der Waals surface area contributed by atoms with Gasteiger partial charge in [0.1, 0.15) is 5.75 Å². The van der Waals surface area contributed by atoms with Crippen molar-refractivity contribution in [3.63, 3.8) is 0 Å². The molecule has 3 heteroatoms. The zero-order valence-corrected chi connectivity index (χ0v) is 10.8. The normalized spacial score (nSPS) is 12.6. The quantitative estimate of drug-likeness (QED) is 0.594. The first-order valence-electron chi connectivity index (χ1n) is 5.37. The molecule has 0 heterocycles. The summed E-state index contributed by atoms with van der Waals surface area (Å²) in [6.07, 6.45) is 0.132. The molecule has 0 N–H and O–H groups in total. The van der Waals surface area contributed by atoms with E-state index >= 15 is 0 Å². The molecule has 0 fully saturated rings. The van der Waals surface area contributed by atoms with Gasteiger partial charge in [0.05, 0.1) is 11.5 Å². The molecule has 0 bridgehead atoms. The molecule has 0 aliphatic heterocycles. The molecular formula is C13H17ClO2. The van der Waals surface area contributed by atoms with Crippen molar-refractivity contribution in [3.8, 4) is 5.75 Å². The van der Waals surface area contributed by atoms with Crippen molar-refractivity contribution in [2.75, 3.05) is 0 Å². The van der Waals surface area contributed by atoms with Crippen molar-refractivity contribution in [3.05, 3.63) is 29.3 Å². The third-order valence-electron chi connectivity index (χ3n) is 2.18. The number of carbonyl (C=O) groups excluding carboxylic acids is 1. The first kappa shape index (κ1) is 13.0. The third kappa shape index (κ3) is 3.24. The Hall–Kier alpha value is -1.02. The fourth-order valence-corrected chi connectivity index (χ4v) is 1.54. The Morgan fingerprint density at radius 2 is 1.94 bits per heavy atom. The molecule has 0 amide bonds. The second-order valence-electron chi connectivity index (χ2n) is 4.13. The highest BCUT2D eigenvalue weighted by molar-refractivity contribution is 6.33. The van der Waals surface area contributed by atoms with Crippen LogP contribution in [0.3, 0.4) is 0 Å². The number of aryl methyl sites for hydroxylation is 1. The lowest BCUT2D eigenvalue weighted by Gasteiger charge is -2.13. The van der Waals surface area contributed by atoms with E-state index in [9.17, 15) is 4.79 Å². The number of Topliss-reactive ketones (excluding diaryl/α,β-unsaturated/α-hetero) is 1. The molecule has 2 nitrogen and oxygen atoms in total. The standard InChI is InChI=1S/C13H17ClO2/c1-8(2)16-12-6-5-11(7-9(12)3)13(15)10(4)14/h5-8,10H,1-4H3. The summed E-state index contributed by atoms with van der Waals surface area (Å²) in [6.45, 7) is 7.55. The van der Waals surface area contributed by atoms with Gasteiger partial charge >= 0.3 is 0 Å². The average Bonchev–Trinajstić information content (AvgIpc) is 2.19. The summed E-state index contributed by atoms with van der Waals surface area (Å²) in [5, 5.41) is -0.490. The molecule has 0 saturated heterocycles. The van der Waals surface area contributed by atoms with Gasteiger partial charge in [0.25, 0.3) is 0 Å². The largest absolute Gasteiger partial charge is 0.491 e. The fraction of sp³-hybridized carbons (Fsp3) is 0.462. The van der Waals surface area contributed by atoms with E-state index in [-0.39, 0.29) is 11.9 Å². The van der Waals surface area contributed by atoms with Crippen LogP contribution in [0, 0.1) is 6.92 Å². The Morgan fingerprint density at radius 1 is 1.31 bits per heavy atom. The number of rotatable bonds is 4. The van der Waals surface area contributed by atoms with Crippen LogP contribution in [0.5, 0.6) is 5.75 Å². The second kappa shape index (κ2) is 5.35. The summed E-state index contributed by atoms with van der Waals surface area (Å²) >= 11 is 5.76. The molecule has 0 aliphatic carbocycles. The van der Waals surface area contributed by atoms with Crippen molar-refractivity contribution in [2.45, 2.75) is 39.2 Å². The SMILES string of the molecule is Cc1cc(C(=O)C(C)Cl)ccc1OC(C)C. The van der Waals surface area contributed by atoms with Gasteiger partial charge in [-0.05, 0) is 51.5 Å². The van der Waals surface area contributed by atoms with Gasteiger partial charge in [-0.2, -0.15) is 0 Å². The van der Waals surface area contributed by atoms with Gasteiger partial charge in [0.15, 0.2) is 5.78 Å². The van der Waals surface area contributed by atoms with Gasteiger partial charge in [-0.25, -0.2) is 0 Å². The number of carbonyl (C=O) groups is 1. The third-order valence-corrected chi connectivity index (χ3v) is 2.38. The van der Waals surface area contributed by atoms with Crippen LogP contribution < -0.4 is 4.74 Å². The Bertz CT molecular complexity index is 384. The van der Waals surface area contributed by atoms with Gasteiger partial charge in [-0.15, -0.1) is 11.6 Å². The highest BCUT2D eigenvalue weighted by Crippen LogP contribution is 2.21. The van der Waals surface area contributed by atoms with Crippen molar-refractivity contribution in [1.82, 2.24) is 0 Å². The predicted molar refractivity (Wildman–Crippen MR) is 66.6 cm³/mol. The predicted octanol–water partition coefficient (Wildman–Crippen LogP) is 3.59. The van der Waals surface area contributed by atoms with E-state index in [4.69, 9.17) is 16.3 Å². The molecule has 0 aliphatic rings. The molecule has 1 atom stereocenters. The molecular weight excluding hydrogens is 224 g/mol. The lowest BCUT2D eigenvalue weighted by Crippen LogP contribution is -2.11. The fourth-order valence-electron chi connectivity index (χ4n) is 1.42. The van der Waals surface area contributed by atoms with Crippen LogP contribution in [0.25, 0.3) is 0 Å². The lowest BCUT2D eigenvalue weighted by molar-refractivity contribution is 0.0991. The van der Waals surface area contributed by atoms with Gasteiger partial charge in [-0.3, -0.25) is 4.79 Å². The topological polar surface area (TPSA) is 26.3 Å². The highest BCUT2D eigenvalue weighted by atomic mass is 35.5. The zero-order valence-electron chi connectivity index (χ0n) is 10.1. The first-order chi connectivity index (χ1) is 7.41. The number of ketones is 1. The molecule has 0 aromatic heterocycles. The van der Waals surface area contributed by atoms with Crippen molar-refractivity contribution >= 4 is 17.4 Å². The summed E-state index contributed by atoms with van der Waals surface area (Å²) in [7, 11) is 0. The smallest absolute Gasteiger partial charge is 0.180 e. The number of hydrogen-bond donors (Lipinski definition) is 0. The van der Waals surface area contributed by atoms with E-state index in [1.807, 2.05) is 32.9 Å². The minimum atomic E-state index is -0.490. The number of alkyl halides is 1. The van der Waals surface area contributed by atoms with Crippen molar-refractivity contribution in [2.24, 2.45) is 0 Å². The Balaban J connectivity index is 2.95. The van der Waals surface area contributed by atoms with E-state index < -0.39 is 5.38 Å². The zero-order chi connectivity index (χ0) is 12.3. The van der Waals surface area contributed by atoms with Crippen LogP contribution in [0.15, 0.2) is 18.2 Å². The lowest BCUT2D eigenvalue weighted by atomic mass is 10.1. The molecule has 0 radical (unpaired) electrons. The Kier molecular flexibility index (Phi) is 4.36. The average molecular weight is 241 g/mol. The Labute approximate surface area is 102 Å². The van der Waals surface area contributed by atoms with Crippen LogP contribution in [-0.4, -0.2) is 17.3 Å². The molecule has 1 unspecified atom stereocenters. The van der Waals surface area contributed by atoms with Gasteiger partial charge in [-0.1, -0.05) is 0 Å². The van der Waals surface area contributed by atoms with E-state index in [0.717, 1.165) is 11.3 Å². The summed E-state index contributed by atoms with van der Waals surface area (Å²) in [5.41, 5.74) is 1.59. The first-order valence-corrected chi connectivity index (χ1v) is 5.81. The van der Waals surface area contributed by atoms with Crippen LogP contribution in [0.1, 0.15) is 36.7 Å². The summed E-state index contributed by atoms with van der Waals surface area (Å²) in [5.74, 6) is 0.759. The second-order valence-corrected chi connectivity index (χ2v) is 4.78. The highest BCUT2D eigenvalue weighted by Gasteiger charge is 2.13. The minimum Gasteiger partial charge on any atom is -0.491 e. The molecule has 1 aromatic rings. The van der Waals surface area contributed by atoms with Crippen LogP contribution in [0.2, 0.25) is 0 Å². The van der Waals surface area contributed by atoms with Crippen LogP contribution in [-0.2, 0) is 0 Å². The number of ether oxygens (including phenoxy) is 1. The summed E-state index contributed by atoms with van der Waals surface area (Å²) < 4.78 is 5.60. The van der Waals surface area contributed by atoms with E-state index in [2.05, 4.69) is 0 Å². The van der Waals surface area contributed by atoms with E-state index in [0.29, 0.717) is 5.56 Å². The summed E-state index contributed by atoms with van der Waals surface area (Å²) in [4.78, 5) is 11.7. The maximum atomic E-state index is 11.7. The van der Waals surface area contributed by atoms with Crippen molar-refractivity contribution < 1.29 is 9.53 Å². The molecule has 0 saturated carbocycles. The molecule has 88 valence electrons.